The Labute approximate surface area is 144 Å². The van der Waals surface area contributed by atoms with Gasteiger partial charge >= 0.3 is 18.5 Å². The largest absolute Gasteiger partial charge is 0.430 e. The molecule has 27 heavy (non-hydrogen) atoms. The van der Waals surface area contributed by atoms with E-state index in [-0.39, 0.29) is 12.1 Å². The van der Waals surface area contributed by atoms with Crippen molar-refractivity contribution in [3.63, 3.8) is 0 Å². The Kier molecular flexibility index (Phi) is 4.85. The molecular formula is C15H8F9NO2. The van der Waals surface area contributed by atoms with Gasteiger partial charge in [-0.05, 0) is 18.2 Å². The first kappa shape index (κ1) is 20.8. The van der Waals surface area contributed by atoms with Gasteiger partial charge in [-0.25, -0.2) is 0 Å². The number of alkyl halides is 9. The summed E-state index contributed by atoms with van der Waals surface area (Å²) in [7, 11) is 0. The summed E-state index contributed by atoms with van der Waals surface area (Å²) in [6.45, 7) is 0. The van der Waals surface area contributed by atoms with Crippen LogP contribution < -0.4 is 5.56 Å². The monoisotopic (exact) mass is 405 g/mol. The van der Waals surface area contributed by atoms with Gasteiger partial charge in [-0.1, -0.05) is 12.1 Å². The summed E-state index contributed by atoms with van der Waals surface area (Å²) >= 11 is 0. The third-order valence-corrected chi connectivity index (χ3v) is 3.62. The lowest BCUT2D eigenvalue weighted by Gasteiger charge is -2.32. The zero-order valence-electron chi connectivity index (χ0n) is 12.7. The maximum absolute atomic E-state index is 12.8. The predicted molar refractivity (Wildman–Crippen MR) is 73.0 cm³/mol. The highest BCUT2D eigenvalue weighted by atomic mass is 19.4. The first-order valence-corrected chi connectivity index (χ1v) is 6.85. The molecule has 0 aliphatic heterocycles. The standard InChI is InChI=1S/C15H8F9NO2/c16-13(17,18)9-3-6-11(26)25(7-9)10-4-1-8(2-5-10)12(27,14(19,20)21)15(22,23)24/h1-7,27H. The maximum Gasteiger partial charge on any atom is 0.430 e. The molecule has 0 fully saturated rings. The smallest absolute Gasteiger partial charge is 0.369 e. The van der Waals surface area contributed by atoms with Gasteiger partial charge in [-0.2, -0.15) is 39.5 Å². The summed E-state index contributed by atoms with van der Waals surface area (Å²) in [6, 6.07) is 2.57. The van der Waals surface area contributed by atoms with Crippen LogP contribution in [0.3, 0.4) is 0 Å². The van der Waals surface area contributed by atoms with Gasteiger partial charge in [0.05, 0.1) is 5.56 Å². The van der Waals surface area contributed by atoms with Crippen LogP contribution in [-0.2, 0) is 11.8 Å². The molecule has 0 amide bonds. The van der Waals surface area contributed by atoms with Crippen LogP contribution in [0.5, 0.6) is 0 Å². The summed E-state index contributed by atoms with van der Waals surface area (Å²) < 4.78 is 115. The number of hydrogen-bond acceptors (Lipinski definition) is 2. The van der Waals surface area contributed by atoms with Crippen LogP contribution in [0.15, 0.2) is 47.4 Å². The molecule has 0 spiro atoms. The van der Waals surface area contributed by atoms with Crippen molar-refractivity contribution < 1.29 is 44.6 Å². The average Bonchev–Trinajstić information content (AvgIpc) is 2.51. The van der Waals surface area contributed by atoms with Gasteiger partial charge in [0.1, 0.15) is 0 Å². The highest BCUT2D eigenvalue weighted by Gasteiger charge is 2.71. The predicted octanol–water partition coefficient (Wildman–Crippen LogP) is 4.17. The van der Waals surface area contributed by atoms with Gasteiger partial charge in [-0.15, -0.1) is 0 Å². The minimum absolute atomic E-state index is 0.225. The molecule has 0 aliphatic rings. The topological polar surface area (TPSA) is 42.2 Å². The molecule has 0 aliphatic carbocycles. The van der Waals surface area contributed by atoms with E-state index in [9.17, 15) is 49.4 Å². The highest BCUT2D eigenvalue weighted by molar-refractivity contribution is 5.39. The Balaban J connectivity index is 2.57. The molecule has 0 radical (unpaired) electrons. The number of rotatable bonds is 2. The third kappa shape index (κ3) is 3.66. The van der Waals surface area contributed by atoms with E-state index in [1.165, 1.54) is 0 Å². The van der Waals surface area contributed by atoms with Crippen molar-refractivity contribution >= 4 is 0 Å². The SMILES string of the molecule is O=c1ccc(C(F)(F)F)cn1-c1ccc(C(O)(C(F)(F)F)C(F)(F)F)cc1. The van der Waals surface area contributed by atoms with E-state index in [2.05, 4.69) is 0 Å². The van der Waals surface area contributed by atoms with Gasteiger partial charge < -0.3 is 5.11 Å². The number of benzene rings is 1. The Morgan fingerprint density at radius 3 is 1.56 bits per heavy atom. The maximum atomic E-state index is 12.8. The molecule has 0 atom stereocenters. The molecular weight excluding hydrogens is 397 g/mol. The molecule has 1 heterocycles. The van der Waals surface area contributed by atoms with Crippen molar-refractivity contribution in [2.24, 2.45) is 0 Å². The van der Waals surface area contributed by atoms with Crippen LogP contribution >= 0.6 is 0 Å². The second-order valence-electron chi connectivity index (χ2n) is 5.38. The van der Waals surface area contributed by atoms with Crippen LogP contribution in [0.25, 0.3) is 5.69 Å². The molecule has 0 saturated heterocycles. The Bertz CT molecular complexity index is 862. The van der Waals surface area contributed by atoms with E-state index in [4.69, 9.17) is 0 Å². The Morgan fingerprint density at radius 1 is 0.704 bits per heavy atom. The van der Waals surface area contributed by atoms with Crippen molar-refractivity contribution in [1.82, 2.24) is 4.57 Å². The third-order valence-electron chi connectivity index (χ3n) is 3.62. The van der Waals surface area contributed by atoms with Gasteiger partial charge in [0, 0.05) is 23.5 Å². The lowest BCUT2D eigenvalue weighted by molar-refractivity contribution is -0.376. The van der Waals surface area contributed by atoms with E-state index in [1.807, 2.05) is 0 Å². The fourth-order valence-electron chi connectivity index (χ4n) is 2.21. The molecule has 2 aromatic rings. The molecule has 2 rings (SSSR count). The molecule has 1 aromatic carbocycles. The number of halogens is 9. The molecule has 3 nitrogen and oxygen atoms in total. The Hall–Kier alpha value is -2.50. The lowest BCUT2D eigenvalue weighted by atomic mass is 9.92. The van der Waals surface area contributed by atoms with E-state index < -0.39 is 46.5 Å². The summed E-state index contributed by atoms with van der Waals surface area (Å²) in [4.78, 5) is 11.7. The van der Waals surface area contributed by atoms with E-state index in [0.717, 1.165) is 0 Å². The van der Waals surface area contributed by atoms with Crippen LogP contribution in [0.2, 0.25) is 0 Å². The van der Waals surface area contributed by atoms with Crippen molar-refractivity contribution in [3.8, 4) is 5.69 Å². The van der Waals surface area contributed by atoms with Crippen molar-refractivity contribution in [3.05, 3.63) is 64.1 Å². The summed E-state index contributed by atoms with van der Waals surface area (Å²) in [5.74, 6) is 0. The highest BCUT2D eigenvalue weighted by Crippen LogP contribution is 2.50. The van der Waals surface area contributed by atoms with Crippen LogP contribution in [0.1, 0.15) is 11.1 Å². The Morgan fingerprint density at radius 2 is 1.15 bits per heavy atom. The van der Waals surface area contributed by atoms with Gasteiger partial charge in [0.2, 0.25) is 0 Å². The summed E-state index contributed by atoms with van der Waals surface area (Å²) in [5.41, 5.74) is -9.48. The first-order valence-electron chi connectivity index (χ1n) is 6.85. The van der Waals surface area contributed by atoms with Crippen molar-refractivity contribution in [1.29, 1.82) is 0 Å². The van der Waals surface area contributed by atoms with E-state index in [1.54, 1.807) is 0 Å². The van der Waals surface area contributed by atoms with E-state index >= 15 is 0 Å². The average molecular weight is 405 g/mol. The molecule has 148 valence electrons. The van der Waals surface area contributed by atoms with Crippen LogP contribution in [-0.4, -0.2) is 22.0 Å². The molecule has 1 aromatic heterocycles. The lowest BCUT2D eigenvalue weighted by Crippen LogP contribution is -2.53. The second kappa shape index (κ2) is 6.29. The fraction of sp³-hybridized carbons (Fsp3) is 0.267. The van der Waals surface area contributed by atoms with Gasteiger partial charge in [0.15, 0.2) is 0 Å². The van der Waals surface area contributed by atoms with Crippen molar-refractivity contribution in [2.45, 2.75) is 24.1 Å². The summed E-state index contributed by atoms with van der Waals surface area (Å²) in [6.07, 6.45) is -16.7. The second-order valence-corrected chi connectivity index (χ2v) is 5.38. The number of nitrogens with zero attached hydrogens (tertiary/aromatic N) is 1. The summed E-state index contributed by atoms with van der Waals surface area (Å²) in [5, 5.41) is 9.26. The van der Waals surface area contributed by atoms with E-state index in [0.29, 0.717) is 35.0 Å². The fourth-order valence-corrected chi connectivity index (χ4v) is 2.21. The van der Waals surface area contributed by atoms with Crippen LogP contribution in [0.4, 0.5) is 39.5 Å². The van der Waals surface area contributed by atoms with Crippen LogP contribution in [0, 0.1) is 0 Å². The zero-order chi connectivity index (χ0) is 20.8. The molecule has 0 saturated carbocycles. The normalized spacial score (nSPS) is 13.7. The van der Waals surface area contributed by atoms with Gasteiger partial charge in [-0.3, -0.25) is 9.36 Å². The number of aromatic nitrogens is 1. The molecule has 12 heteroatoms. The molecule has 1 N–H and O–H groups in total. The quantitative estimate of drug-likeness (QED) is 0.763. The number of aliphatic hydroxyl groups is 1. The molecule has 0 bridgehead atoms. The number of hydrogen-bond donors (Lipinski definition) is 1. The first-order chi connectivity index (χ1) is 12.1. The minimum Gasteiger partial charge on any atom is -0.369 e. The molecule has 0 unspecified atom stereocenters. The number of pyridine rings is 1. The zero-order valence-corrected chi connectivity index (χ0v) is 12.7. The van der Waals surface area contributed by atoms with Crippen molar-refractivity contribution in [2.75, 3.05) is 0 Å². The minimum atomic E-state index is -6.11. The van der Waals surface area contributed by atoms with Gasteiger partial charge in [0.25, 0.3) is 11.2 Å².